The van der Waals surface area contributed by atoms with Gasteiger partial charge in [-0.15, -0.1) is 0 Å². The van der Waals surface area contributed by atoms with Gasteiger partial charge in [-0.2, -0.15) is 0 Å². The van der Waals surface area contributed by atoms with Crippen LogP contribution in [0.15, 0.2) is 23.2 Å². The van der Waals surface area contributed by atoms with Crippen molar-refractivity contribution in [3.05, 3.63) is 23.8 Å². The van der Waals surface area contributed by atoms with Crippen molar-refractivity contribution in [3.63, 3.8) is 0 Å². The molecule has 24 heavy (non-hydrogen) atoms. The van der Waals surface area contributed by atoms with Crippen molar-refractivity contribution in [2.45, 2.75) is 45.3 Å². The zero-order valence-electron chi connectivity index (χ0n) is 14.8. The van der Waals surface area contributed by atoms with E-state index in [0.29, 0.717) is 19.4 Å². The van der Waals surface area contributed by atoms with E-state index >= 15 is 0 Å². The van der Waals surface area contributed by atoms with Crippen molar-refractivity contribution in [2.75, 3.05) is 26.9 Å². The number of hydrogen-bond donors (Lipinski definition) is 2. The minimum atomic E-state index is 0.308. The second-order valence-electron chi connectivity index (χ2n) is 6.60. The van der Waals surface area contributed by atoms with Crippen LogP contribution in [-0.4, -0.2) is 49.9 Å². The first-order chi connectivity index (χ1) is 11.7. The SMILES string of the molecule is CN=C(NCCN(C(C)C)C1CC1)NCc1ccc2c(c1)OCO2. The molecule has 2 aliphatic rings. The lowest BCUT2D eigenvalue weighted by molar-refractivity contribution is 0.174. The molecule has 1 heterocycles. The highest BCUT2D eigenvalue weighted by Crippen LogP contribution is 2.32. The maximum Gasteiger partial charge on any atom is 0.231 e. The molecule has 0 spiro atoms. The first-order valence-electron chi connectivity index (χ1n) is 8.76. The second kappa shape index (κ2) is 7.75. The van der Waals surface area contributed by atoms with Gasteiger partial charge >= 0.3 is 0 Å². The van der Waals surface area contributed by atoms with Gasteiger partial charge in [-0.3, -0.25) is 9.89 Å². The molecule has 6 heteroatoms. The molecule has 1 aliphatic carbocycles. The predicted molar refractivity (Wildman–Crippen MR) is 95.6 cm³/mol. The van der Waals surface area contributed by atoms with Crippen molar-refractivity contribution < 1.29 is 9.47 Å². The maximum absolute atomic E-state index is 5.41. The fourth-order valence-electron chi connectivity index (χ4n) is 3.03. The smallest absolute Gasteiger partial charge is 0.231 e. The quantitative estimate of drug-likeness (QED) is 0.590. The van der Waals surface area contributed by atoms with Gasteiger partial charge in [0.25, 0.3) is 0 Å². The van der Waals surface area contributed by atoms with Crippen LogP contribution >= 0.6 is 0 Å². The first-order valence-corrected chi connectivity index (χ1v) is 8.76. The van der Waals surface area contributed by atoms with Crippen molar-refractivity contribution in [3.8, 4) is 11.5 Å². The summed E-state index contributed by atoms with van der Waals surface area (Å²) in [6.07, 6.45) is 2.69. The Balaban J connectivity index is 1.43. The molecule has 1 aromatic rings. The molecule has 1 saturated carbocycles. The highest BCUT2D eigenvalue weighted by atomic mass is 16.7. The van der Waals surface area contributed by atoms with E-state index in [0.717, 1.165) is 42.2 Å². The summed E-state index contributed by atoms with van der Waals surface area (Å²) in [5.41, 5.74) is 1.14. The number of hydrogen-bond acceptors (Lipinski definition) is 4. The summed E-state index contributed by atoms with van der Waals surface area (Å²) in [4.78, 5) is 6.87. The number of aliphatic imine (C=N–C) groups is 1. The summed E-state index contributed by atoms with van der Waals surface area (Å²) >= 11 is 0. The molecule has 3 rings (SSSR count). The summed E-state index contributed by atoms with van der Waals surface area (Å²) in [7, 11) is 1.80. The molecule has 1 fully saturated rings. The maximum atomic E-state index is 5.41. The van der Waals surface area contributed by atoms with Crippen LogP contribution in [0, 0.1) is 0 Å². The highest BCUT2D eigenvalue weighted by molar-refractivity contribution is 5.79. The summed E-state index contributed by atoms with van der Waals surface area (Å²) in [6, 6.07) is 7.39. The van der Waals surface area contributed by atoms with E-state index in [1.54, 1.807) is 7.05 Å². The summed E-state index contributed by atoms with van der Waals surface area (Å²) in [5.74, 6) is 2.46. The van der Waals surface area contributed by atoms with E-state index < -0.39 is 0 Å². The first kappa shape index (κ1) is 16.9. The van der Waals surface area contributed by atoms with E-state index in [1.807, 2.05) is 18.2 Å². The predicted octanol–water partition coefficient (Wildman–Crippen LogP) is 1.95. The molecule has 132 valence electrons. The minimum Gasteiger partial charge on any atom is -0.454 e. The zero-order chi connectivity index (χ0) is 16.9. The van der Waals surface area contributed by atoms with Crippen LogP contribution in [0.4, 0.5) is 0 Å². The number of benzene rings is 1. The molecule has 0 bridgehead atoms. The van der Waals surface area contributed by atoms with Crippen LogP contribution in [0.2, 0.25) is 0 Å². The molecule has 0 saturated heterocycles. The number of rotatable bonds is 7. The van der Waals surface area contributed by atoms with Gasteiger partial charge in [0.2, 0.25) is 6.79 Å². The van der Waals surface area contributed by atoms with Gasteiger partial charge in [0.05, 0.1) is 0 Å². The molecule has 1 aromatic carbocycles. The van der Waals surface area contributed by atoms with Gasteiger partial charge in [-0.05, 0) is 44.4 Å². The topological polar surface area (TPSA) is 58.1 Å². The molecule has 0 radical (unpaired) electrons. The normalized spacial score (nSPS) is 16.8. The van der Waals surface area contributed by atoms with E-state index in [2.05, 4.69) is 34.4 Å². The van der Waals surface area contributed by atoms with E-state index in [-0.39, 0.29) is 0 Å². The van der Waals surface area contributed by atoms with Crippen molar-refractivity contribution in [2.24, 2.45) is 4.99 Å². The fraction of sp³-hybridized carbons (Fsp3) is 0.611. The summed E-state index contributed by atoms with van der Waals surface area (Å²) < 4.78 is 10.7. The Hall–Kier alpha value is -1.95. The van der Waals surface area contributed by atoms with E-state index in [9.17, 15) is 0 Å². The van der Waals surface area contributed by atoms with E-state index in [1.165, 1.54) is 12.8 Å². The van der Waals surface area contributed by atoms with Gasteiger partial charge in [0, 0.05) is 38.8 Å². The molecule has 1 aliphatic heterocycles. The number of ether oxygens (including phenoxy) is 2. The molecule has 0 atom stereocenters. The third-order valence-corrected chi connectivity index (χ3v) is 4.46. The van der Waals surface area contributed by atoms with Crippen molar-refractivity contribution in [1.29, 1.82) is 0 Å². The van der Waals surface area contributed by atoms with Gasteiger partial charge in [-0.1, -0.05) is 6.07 Å². The fourth-order valence-corrected chi connectivity index (χ4v) is 3.03. The highest BCUT2D eigenvalue weighted by Gasteiger charge is 2.30. The Morgan fingerprint density at radius 3 is 2.75 bits per heavy atom. The molecule has 0 aromatic heterocycles. The second-order valence-corrected chi connectivity index (χ2v) is 6.60. The largest absolute Gasteiger partial charge is 0.454 e. The summed E-state index contributed by atoms with van der Waals surface area (Å²) in [6.45, 7) is 7.49. The van der Waals surface area contributed by atoms with Crippen LogP contribution in [0.1, 0.15) is 32.3 Å². The Labute approximate surface area is 144 Å². The Morgan fingerprint density at radius 1 is 1.25 bits per heavy atom. The molecule has 6 nitrogen and oxygen atoms in total. The lowest BCUT2D eigenvalue weighted by Gasteiger charge is -2.26. The zero-order valence-corrected chi connectivity index (χ0v) is 14.8. The van der Waals surface area contributed by atoms with Gasteiger partial charge in [-0.25, -0.2) is 0 Å². The van der Waals surface area contributed by atoms with Crippen LogP contribution in [0.25, 0.3) is 0 Å². The third kappa shape index (κ3) is 4.32. The monoisotopic (exact) mass is 332 g/mol. The molecular weight excluding hydrogens is 304 g/mol. The number of nitrogens with zero attached hydrogens (tertiary/aromatic N) is 2. The lowest BCUT2D eigenvalue weighted by Crippen LogP contribution is -2.43. The Kier molecular flexibility index (Phi) is 5.45. The van der Waals surface area contributed by atoms with Crippen LogP contribution < -0.4 is 20.1 Å². The van der Waals surface area contributed by atoms with E-state index in [4.69, 9.17) is 9.47 Å². The van der Waals surface area contributed by atoms with Gasteiger partial charge in [0.15, 0.2) is 17.5 Å². The Bertz CT molecular complexity index is 582. The van der Waals surface area contributed by atoms with Gasteiger partial charge in [0.1, 0.15) is 0 Å². The molecule has 2 N–H and O–H groups in total. The summed E-state index contributed by atoms with van der Waals surface area (Å²) in [5, 5.41) is 6.75. The van der Waals surface area contributed by atoms with Gasteiger partial charge < -0.3 is 20.1 Å². The number of nitrogens with one attached hydrogen (secondary N) is 2. The third-order valence-electron chi connectivity index (χ3n) is 4.46. The molecule has 0 unspecified atom stereocenters. The van der Waals surface area contributed by atoms with Crippen LogP contribution in [-0.2, 0) is 6.54 Å². The van der Waals surface area contributed by atoms with Crippen molar-refractivity contribution in [1.82, 2.24) is 15.5 Å². The molecule has 0 amide bonds. The average molecular weight is 332 g/mol. The average Bonchev–Trinajstić information content (AvgIpc) is 3.30. The minimum absolute atomic E-state index is 0.308. The molecular formula is C18H28N4O2. The lowest BCUT2D eigenvalue weighted by atomic mass is 10.2. The number of fused-ring (bicyclic) bond motifs is 1. The van der Waals surface area contributed by atoms with Crippen molar-refractivity contribution >= 4 is 5.96 Å². The van der Waals surface area contributed by atoms with Crippen LogP contribution in [0.5, 0.6) is 11.5 Å². The Morgan fingerprint density at radius 2 is 2.04 bits per heavy atom. The standard InChI is InChI=1S/C18H28N4O2/c1-13(2)22(15-5-6-15)9-8-20-18(19-3)21-11-14-4-7-16-17(10-14)24-12-23-16/h4,7,10,13,15H,5-6,8-9,11-12H2,1-3H3,(H2,19,20,21). The number of guanidine groups is 1. The van der Waals surface area contributed by atoms with Crippen LogP contribution in [0.3, 0.4) is 0 Å².